The van der Waals surface area contributed by atoms with Crippen LogP contribution in [0.15, 0.2) is 18.2 Å². The minimum Gasteiger partial charge on any atom is -0.0617 e. The summed E-state index contributed by atoms with van der Waals surface area (Å²) in [5.41, 5.74) is 4.10. The van der Waals surface area contributed by atoms with E-state index in [1.54, 1.807) is 0 Å². The second-order valence-corrected chi connectivity index (χ2v) is 2.59. The third-order valence-electron chi connectivity index (χ3n) is 1.83. The maximum Gasteiger partial charge on any atom is -0.0119 e. The lowest BCUT2D eigenvalue weighted by Gasteiger charge is -2.04. The number of aryl methyl sites for hydroxylation is 2. The molecule has 0 nitrogen and oxygen atoms in total. The van der Waals surface area contributed by atoms with Gasteiger partial charge in [-0.25, -0.2) is 0 Å². The Bertz CT molecular complexity index is 203. The Morgan fingerprint density at radius 1 is 1.10 bits per heavy atom. The molecule has 0 unspecified atom stereocenters. The Kier molecular flexibility index (Phi) is 2.10. The van der Waals surface area contributed by atoms with Crippen LogP contribution in [0.25, 0.3) is 0 Å². The highest BCUT2D eigenvalue weighted by Crippen LogP contribution is 2.14. The zero-order valence-corrected chi connectivity index (χ0v) is 6.81. The highest BCUT2D eigenvalue weighted by atomic mass is 14.0. The first-order chi connectivity index (χ1) is 4.75. The van der Waals surface area contributed by atoms with Gasteiger partial charge < -0.3 is 0 Å². The van der Waals surface area contributed by atoms with Crippen LogP contribution in [0.2, 0.25) is 0 Å². The van der Waals surface area contributed by atoms with Crippen LogP contribution in [0.3, 0.4) is 0 Å². The molecular formula is C10H13. The summed E-state index contributed by atoms with van der Waals surface area (Å²) in [5.74, 6) is 0. The number of hydrogen-bond donors (Lipinski definition) is 0. The summed E-state index contributed by atoms with van der Waals surface area (Å²) in [7, 11) is 0. The van der Waals surface area contributed by atoms with Crippen molar-refractivity contribution in [3.05, 3.63) is 41.3 Å². The molecule has 0 amide bonds. The van der Waals surface area contributed by atoms with Crippen LogP contribution in [-0.4, -0.2) is 0 Å². The van der Waals surface area contributed by atoms with Gasteiger partial charge in [-0.1, -0.05) is 25.1 Å². The summed E-state index contributed by atoms with van der Waals surface area (Å²) in [6.45, 7) is 6.36. The largest absolute Gasteiger partial charge is 0.0617 e. The lowest BCUT2D eigenvalue weighted by Crippen LogP contribution is -1.87. The first kappa shape index (κ1) is 7.33. The van der Waals surface area contributed by atoms with Gasteiger partial charge in [0.1, 0.15) is 0 Å². The highest BCUT2D eigenvalue weighted by molar-refractivity contribution is 5.37. The molecule has 1 rings (SSSR count). The van der Waals surface area contributed by atoms with Gasteiger partial charge in [0.05, 0.1) is 0 Å². The van der Waals surface area contributed by atoms with Crippen molar-refractivity contribution in [2.75, 3.05) is 0 Å². The SMILES string of the molecule is C[CH]c1c(C)cccc1C. The van der Waals surface area contributed by atoms with Crippen molar-refractivity contribution in [2.24, 2.45) is 0 Å². The molecule has 0 saturated carbocycles. The quantitative estimate of drug-likeness (QED) is 0.552. The topological polar surface area (TPSA) is 0 Å². The van der Waals surface area contributed by atoms with E-state index in [0.717, 1.165) is 0 Å². The fourth-order valence-electron chi connectivity index (χ4n) is 1.28. The maximum atomic E-state index is 2.16. The Morgan fingerprint density at radius 3 is 1.90 bits per heavy atom. The summed E-state index contributed by atoms with van der Waals surface area (Å²) in [6.07, 6.45) is 2.16. The first-order valence-electron chi connectivity index (χ1n) is 3.61. The van der Waals surface area contributed by atoms with E-state index in [9.17, 15) is 0 Å². The molecule has 10 heavy (non-hydrogen) atoms. The average molecular weight is 133 g/mol. The lowest BCUT2D eigenvalue weighted by molar-refractivity contribution is 1.26. The molecule has 0 atom stereocenters. The van der Waals surface area contributed by atoms with Gasteiger partial charge in [-0.05, 0) is 37.0 Å². The molecule has 0 aliphatic rings. The van der Waals surface area contributed by atoms with Crippen LogP contribution in [0.1, 0.15) is 23.6 Å². The molecular weight excluding hydrogens is 120 g/mol. The van der Waals surface area contributed by atoms with Crippen molar-refractivity contribution in [3.8, 4) is 0 Å². The van der Waals surface area contributed by atoms with Crippen LogP contribution in [0.4, 0.5) is 0 Å². The van der Waals surface area contributed by atoms with Crippen molar-refractivity contribution in [2.45, 2.75) is 20.8 Å². The fourth-order valence-corrected chi connectivity index (χ4v) is 1.28. The fraction of sp³-hybridized carbons (Fsp3) is 0.300. The minimum absolute atomic E-state index is 1.36. The number of hydrogen-bond acceptors (Lipinski definition) is 0. The predicted octanol–water partition coefficient (Wildman–Crippen LogP) is 2.88. The Morgan fingerprint density at radius 2 is 1.60 bits per heavy atom. The van der Waals surface area contributed by atoms with E-state index >= 15 is 0 Å². The molecule has 53 valence electrons. The molecule has 0 fully saturated rings. The average Bonchev–Trinajstić information content (AvgIpc) is 1.88. The van der Waals surface area contributed by atoms with Gasteiger partial charge in [0, 0.05) is 0 Å². The van der Waals surface area contributed by atoms with E-state index in [-0.39, 0.29) is 0 Å². The van der Waals surface area contributed by atoms with Gasteiger partial charge >= 0.3 is 0 Å². The van der Waals surface area contributed by atoms with Crippen LogP contribution >= 0.6 is 0 Å². The first-order valence-corrected chi connectivity index (χ1v) is 3.61. The van der Waals surface area contributed by atoms with Gasteiger partial charge in [-0.3, -0.25) is 0 Å². The van der Waals surface area contributed by atoms with Crippen molar-refractivity contribution in [1.29, 1.82) is 0 Å². The van der Waals surface area contributed by atoms with E-state index in [0.29, 0.717) is 0 Å². The van der Waals surface area contributed by atoms with Crippen molar-refractivity contribution >= 4 is 0 Å². The summed E-state index contributed by atoms with van der Waals surface area (Å²) < 4.78 is 0. The normalized spacial score (nSPS) is 9.90. The Balaban J connectivity index is 3.17. The van der Waals surface area contributed by atoms with Crippen LogP contribution < -0.4 is 0 Å². The molecule has 0 bridgehead atoms. The molecule has 0 aromatic heterocycles. The smallest absolute Gasteiger partial charge is 0.0119 e. The summed E-state index contributed by atoms with van der Waals surface area (Å²) in [4.78, 5) is 0. The Labute approximate surface area is 62.9 Å². The summed E-state index contributed by atoms with van der Waals surface area (Å²) in [5, 5.41) is 0. The van der Waals surface area contributed by atoms with E-state index < -0.39 is 0 Å². The predicted molar refractivity (Wildman–Crippen MR) is 45.0 cm³/mol. The summed E-state index contributed by atoms with van der Waals surface area (Å²) >= 11 is 0. The van der Waals surface area contributed by atoms with Crippen molar-refractivity contribution in [3.63, 3.8) is 0 Å². The minimum atomic E-state index is 1.36. The standard InChI is InChI=1S/C10H13/c1-4-10-8(2)6-5-7-9(10)3/h4-7H,1-3H3. The highest BCUT2D eigenvalue weighted by Gasteiger charge is 1.96. The molecule has 0 aliphatic carbocycles. The van der Waals surface area contributed by atoms with Gasteiger partial charge in [0.2, 0.25) is 0 Å². The molecule has 1 aromatic carbocycles. The molecule has 0 heteroatoms. The van der Waals surface area contributed by atoms with Crippen molar-refractivity contribution < 1.29 is 0 Å². The van der Waals surface area contributed by atoms with E-state index in [4.69, 9.17) is 0 Å². The second-order valence-electron chi connectivity index (χ2n) is 2.59. The van der Waals surface area contributed by atoms with E-state index in [1.807, 2.05) is 0 Å². The second kappa shape index (κ2) is 2.87. The number of rotatable bonds is 1. The van der Waals surface area contributed by atoms with Gasteiger partial charge in [-0.2, -0.15) is 0 Å². The van der Waals surface area contributed by atoms with Gasteiger partial charge in [0.15, 0.2) is 0 Å². The van der Waals surface area contributed by atoms with Crippen LogP contribution in [0, 0.1) is 20.3 Å². The van der Waals surface area contributed by atoms with E-state index in [1.165, 1.54) is 16.7 Å². The molecule has 1 aromatic rings. The third-order valence-corrected chi connectivity index (χ3v) is 1.83. The molecule has 1 radical (unpaired) electrons. The molecule has 0 spiro atoms. The van der Waals surface area contributed by atoms with Crippen molar-refractivity contribution in [1.82, 2.24) is 0 Å². The lowest BCUT2D eigenvalue weighted by atomic mass is 10.0. The molecule has 0 aliphatic heterocycles. The van der Waals surface area contributed by atoms with Crippen LogP contribution in [-0.2, 0) is 0 Å². The summed E-state index contributed by atoms with van der Waals surface area (Å²) in [6, 6.07) is 6.38. The number of benzene rings is 1. The van der Waals surface area contributed by atoms with Gasteiger partial charge in [-0.15, -0.1) is 0 Å². The molecule has 0 saturated heterocycles. The Hall–Kier alpha value is -0.780. The van der Waals surface area contributed by atoms with Gasteiger partial charge in [0.25, 0.3) is 0 Å². The zero-order valence-electron chi connectivity index (χ0n) is 6.81. The zero-order chi connectivity index (χ0) is 7.56. The monoisotopic (exact) mass is 133 g/mol. The van der Waals surface area contributed by atoms with Crippen LogP contribution in [0.5, 0.6) is 0 Å². The maximum absolute atomic E-state index is 2.16. The van der Waals surface area contributed by atoms with E-state index in [2.05, 4.69) is 45.4 Å². The molecule has 0 N–H and O–H groups in total. The molecule has 0 heterocycles. The third kappa shape index (κ3) is 1.21.